The van der Waals surface area contributed by atoms with Gasteiger partial charge in [0.15, 0.2) is 17.5 Å². The van der Waals surface area contributed by atoms with E-state index in [1.807, 2.05) is 0 Å². The summed E-state index contributed by atoms with van der Waals surface area (Å²) in [5.41, 5.74) is -0.719. The number of anilines is 1. The molecule has 1 aliphatic heterocycles. The summed E-state index contributed by atoms with van der Waals surface area (Å²) >= 11 is 0. The number of aryl methyl sites for hydroxylation is 1. The van der Waals surface area contributed by atoms with Gasteiger partial charge < -0.3 is 4.90 Å². The van der Waals surface area contributed by atoms with Crippen LogP contribution in [0.5, 0.6) is 0 Å². The van der Waals surface area contributed by atoms with Crippen molar-refractivity contribution in [2.75, 3.05) is 18.0 Å². The molecule has 1 saturated heterocycles. The first-order valence-electron chi connectivity index (χ1n) is 6.68. The van der Waals surface area contributed by atoms with Gasteiger partial charge in [-0.1, -0.05) is 0 Å². The van der Waals surface area contributed by atoms with Gasteiger partial charge in [0.1, 0.15) is 23.2 Å². The van der Waals surface area contributed by atoms with E-state index in [0.717, 1.165) is 6.20 Å². The van der Waals surface area contributed by atoms with Gasteiger partial charge in [0, 0.05) is 19.3 Å². The molecule has 0 radical (unpaired) electrons. The van der Waals surface area contributed by atoms with Crippen LogP contribution in [0.4, 0.5) is 23.2 Å². The van der Waals surface area contributed by atoms with E-state index in [2.05, 4.69) is 9.97 Å². The molecule has 0 aliphatic carbocycles. The number of aromatic nitrogens is 2. The molecule has 1 aromatic carbocycles. The highest BCUT2D eigenvalue weighted by molar-refractivity contribution is 5.84. The Bertz CT molecular complexity index is 696. The van der Waals surface area contributed by atoms with E-state index in [4.69, 9.17) is 0 Å². The van der Waals surface area contributed by atoms with Crippen LogP contribution in [0.25, 0.3) is 10.9 Å². The smallest absolute Gasteiger partial charge is 0.185 e. The lowest BCUT2D eigenvalue weighted by atomic mass is 10.1. The molecule has 3 nitrogen and oxygen atoms in total. The largest absolute Gasteiger partial charge is 0.366 e. The molecular weight excluding hydrogens is 286 g/mol. The van der Waals surface area contributed by atoms with Crippen molar-refractivity contribution < 1.29 is 17.6 Å². The highest BCUT2D eigenvalue weighted by atomic mass is 19.2. The van der Waals surface area contributed by atoms with E-state index in [9.17, 15) is 17.6 Å². The fourth-order valence-electron chi connectivity index (χ4n) is 2.58. The number of nitrogens with zero attached hydrogens (tertiary/aromatic N) is 3. The molecule has 0 unspecified atom stereocenters. The van der Waals surface area contributed by atoms with Crippen LogP contribution in [0.1, 0.15) is 18.7 Å². The summed E-state index contributed by atoms with van der Waals surface area (Å²) in [7, 11) is 0. The number of fused-ring (bicyclic) bond motifs is 1. The summed E-state index contributed by atoms with van der Waals surface area (Å²) in [4.78, 5) is 8.94. The Hall–Kier alpha value is -1.92. The SMILES string of the molecule is Cc1ncc2c(F)c(F)c(N3CCC(F)CC3)c(F)c2n1. The Balaban J connectivity index is 2.18. The lowest BCUT2D eigenvalue weighted by Gasteiger charge is -2.31. The summed E-state index contributed by atoms with van der Waals surface area (Å²) in [5, 5.41) is -0.292. The zero-order valence-corrected chi connectivity index (χ0v) is 11.3. The van der Waals surface area contributed by atoms with Crippen LogP contribution in [0.2, 0.25) is 0 Å². The minimum Gasteiger partial charge on any atom is -0.366 e. The van der Waals surface area contributed by atoms with Crippen molar-refractivity contribution >= 4 is 16.6 Å². The van der Waals surface area contributed by atoms with Crippen LogP contribution in [0.3, 0.4) is 0 Å². The molecule has 112 valence electrons. The predicted molar refractivity (Wildman–Crippen MR) is 70.5 cm³/mol. The minimum atomic E-state index is -1.27. The van der Waals surface area contributed by atoms with E-state index in [1.54, 1.807) is 0 Å². The van der Waals surface area contributed by atoms with Gasteiger partial charge in [0.05, 0.1) is 5.39 Å². The Kier molecular flexibility index (Phi) is 3.43. The Morgan fingerprint density at radius 3 is 2.43 bits per heavy atom. The Morgan fingerprint density at radius 2 is 1.76 bits per heavy atom. The molecule has 2 heterocycles. The molecule has 0 bridgehead atoms. The monoisotopic (exact) mass is 299 g/mol. The van der Waals surface area contributed by atoms with Gasteiger partial charge in [0.25, 0.3) is 0 Å². The van der Waals surface area contributed by atoms with Crippen LogP contribution in [-0.2, 0) is 0 Å². The number of halogens is 4. The average molecular weight is 299 g/mol. The normalized spacial score (nSPS) is 16.7. The van der Waals surface area contributed by atoms with Crippen LogP contribution in [0.15, 0.2) is 6.20 Å². The van der Waals surface area contributed by atoms with Crippen LogP contribution in [0, 0.1) is 24.4 Å². The molecule has 7 heteroatoms. The Morgan fingerprint density at radius 1 is 1.10 bits per heavy atom. The highest BCUT2D eigenvalue weighted by Crippen LogP contribution is 2.34. The lowest BCUT2D eigenvalue weighted by molar-refractivity contribution is 0.275. The first-order valence-corrected chi connectivity index (χ1v) is 6.68. The molecule has 21 heavy (non-hydrogen) atoms. The van der Waals surface area contributed by atoms with Crippen LogP contribution in [-0.4, -0.2) is 29.2 Å². The van der Waals surface area contributed by atoms with Crippen molar-refractivity contribution in [2.45, 2.75) is 25.9 Å². The second-order valence-electron chi connectivity index (χ2n) is 5.13. The molecule has 1 fully saturated rings. The number of alkyl halides is 1. The topological polar surface area (TPSA) is 29.0 Å². The third-order valence-corrected chi connectivity index (χ3v) is 3.70. The molecule has 0 saturated carbocycles. The molecule has 1 aromatic heterocycles. The predicted octanol–water partition coefficient (Wildman–Crippen LogP) is 3.29. The second kappa shape index (κ2) is 5.13. The molecule has 0 spiro atoms. The van der Waals surface area contributed by atoms with E-state index in [0.29, 0.717) is 0 Å². The summed E-state index contributed by atoms with van der Waals surface area (Å²) in [6.07, 6.45) is 0.418. The summed E-state index contributed by atoms with van der Waals surface area (Å²) in [6.45, 7) is 1.82. The maximum absolute atomic E-state index is 14.5. The van der Waals surface area contributed by atoms with Crippen molar-refractivity contribution in [1.82, 2.24) is 9.97 Å². The third kappa shape index (κ3) is 2.30. The quantitative estimate of drug-likeness (QED) is 0.597. The average Bonchev–Trinajstić information content (AvgIpc) is 2.47. The second-order valence-corrected chi connectivity index (χ2v) is 5.13. The van der Waals surface area contributed by atoms with Crippen molar-refractivity contribution in [3.63, 3.8) is 0 Å². The van der Waals surface area contributed by atoms with Gasteiger partial charge in [-0.15, -0.1) is 0 Å². The molecule has 0 amide bonds. The highest BCUT2D eigenvalue weighted by Gasteiger charge is 2.28. The molecular formula is C14H13F4N3. The van der Waals surface area contributed by atoms with E-state index in [1.165, 1.54) is 11.8 Å². The Labute approximate surface area is 118 Å². The van der Waals surface area contributed by atoms with Crippen molar-refractivity contribution in [3.05, 3.63) is 29.5 Å². The number of hydrogen-bond acceptors (Lipinski definition) is 3. The van der Waals surface area contributed by atoms with Gasteiger partial charge >= 0.3 is 0 Å². The van der Waals surface area contributed by atoms with Gasteiger partial charge in [-0.3, -0.25) is 0 Å². The van der Waals surface area contributed by atoms with Crippen LogP contribution >= 0.6 is 0 Å². The molecule has 0 atom stereocenters. The number of rotatable bonds is 1. The fourth-order valence-corrected chi connectivity index (χ4v) is 2.58. The molecule has 2 aromatic rings. The van der Waals surface area contributed by atoms with Gasteiger partial charge in [-0.2, -0.15) is 0 Å². The zero-order valence-electron chi connectivity index (χ0n) is 11.3. The summed E-state index contributed by atoms with van der Waals surface area (Å²) < 4.78 is 55.9. The van der Waals surface area contributed by atoms with Gasteiger partial charge in [-0.05, 0) is 19.8 Å². The minimum absolute atomic E-state index is 0.143. The maximum atomic E-state index is 14.5. The lowest BCUT2D eigenvalue weighted by Crippen LogP contribution is -2.35. The number of benzene rings is 1. The summed E-state index contributed by atoms with van der Waals surface area (Å²) in [6, 6.07) is 0. The summed E-state index contributed by atoms with van der Waals surface area (Å²) in [5.74, 6) is -3.11. The van der Waals surface area contributed by atoms with Crippen molar-refractivity contribution in [3.8, 4) is 0 Å². The molecule has 1 aliphatic rings. The third-order valence-electron chi connectivity index (χ3n) is 3.70. The van der Waals surface area contributed by atoms with E-state index in [-0.39, 0.29) is 42.7 Å². The van der Waals surface area contributed by atoms with Crippen molar-refractivity contribution in [2.24, 2.45) is 0 Å². The maximum Gasteiger partial charge on any atom is 0.185 e. The number of piperidine rings is 1. The standard InChI is InChI=1S/C14H13F4N3/c1-7-19-6-9-10(16)11(17)14(12(18)13(9)20-7)21-4-2-8(15)3-5-21/h6,8H,2-5H2,1H3. The first kappa shape index (κ1) is 14.0. The van der Waals surface area contributed by atoms with Crippen molar-refractivity contribution in [1.29, 1.82) is 0 Å². The molecule has 0 N–H and O–H groups in total. The fraction of sp³-hybridized carbons (Fsp3) is 0.429. The first-order chi connectivity index (χ1) is 9.99. The van der Waals surface area contributed by atoms with Gasteiger partial charge in [0.2, 0.25) is 0 Å². The number of hydrogen-bond donors (Lipinski definition) is 0. The van der Waals surface area contributed by atoms with Crippen LogP contribution < -0.4 is 4.90 Å². The van der Waals surface area contributed by atoms with Gasteiger partial charge in [-0.25, -0.2) is 27.5 Å². The molecule has 3 rings (SSSR count). The van der Waals surface area contributed by atoms with E-state index < -0.39 is 29.3 Å². The zero-order chi connectivity index (χ0) is 15.1. The van der Waals surface area contributed by atoms with E-state index >= 15 is 0 Å².